The van der Waals surface area contributed by atoms with Crippen molar-refractivity contribution in [3.8, 4) is 0 Å². The van der Waals surface area contributed by atoms with E-state index >= 15 is 0 Å². The van der Waals surface area contributed by atoms with Gasteiger partial charge in [-0.05, 0) is 61.6 Å². The van der Waals surface area contributed by atoms with Gasteiger partial charge in [0.2, 0.25) is 0 Å². The molecule has 2 amide bonds. The summed E-state index contributed by atoms with van der Waals surface area (Å²) in [6.45, 7) is 8.25. The Bertz CT molecular complexity index is 983. The average molecular weight is 508 g/mol. The molecule has 0 unspecified atom stereocenters. The van der Waals surface area contributed by atoms with Gasteiger partial charge in [0.15, 0.2) is 0 Å². The van der Waals surface area contributed by atoms with Gasteiger partial charge in [0.1, 0.15) is 5.82 Å². The Balaban J connectivity index is 0.00000210. The number of rotatable bonds is 9. The summed E-state index contributed by atoms with van der Waals surface area (Å²) in [5.74, 6) is -1.53. The fourth-order valence-corrected chi connectivity index (χ4v) is 4.10. The minimum absolute atomic E-state index is 0.00956. The molecule has 0 spiro atoms. The SMILES string of the molecule is CC.CCCN(c1ccc(CCC(=O)O)cc1NC(=O)Nc1ccc(Cl)cc1F)C1CCOCC1. The fourth-order valence-electron chi connectivity index (χ4n) is 3.94. The van der Waals surface area contributed by atoms with Crippen LogP contribution >= 0.6 is 11.6 Å². The van der Waals surface area contributed by atoms with Gasteiger partial charge in [0, 0.05) is 37.2 Å². The first kappa shape index (κ1) is 28.4. The first-order valence-corrected chi connectivity index (χ1v) is 12.5. The Kier molecular flexibility index (Phi) is 11.8. The number of aryl methyl sites for hydroxylation is 1. The molecule has 0 atom stereocenters. The van der Waals surface area contributed by atoms with Crippen molar-refractivity contribution in [2.24, 2.45) is 0 Å². The van der Waals surface area contributed by atoms with Gasteiger partial charge >= 0.3 is 12.0 Å². The summed E-state index contributed by atoms with van der Waals surface area (Å²) in [5, 5.41) is 14.6. The van der Waals surface area contributed by atoms with Gasteiger partial charge in [0.25, 0.3) is 0 Å². The Morgan fingerprint density at radius 2 is 1.80 bits per heavy atom. The quantitative estimate of drug-likeness (QED) is 0.357. The fraction of sp³-hybridized carbons (Fsp3) is 0.462. The molecule has 7 nitrogen and oxygen atoms in total. The van der Waals surface area contributed by atoms with Crippen molar-refractivity contribution in [2.75, 3.05) is 35.3 Å². The lowest BCUT2D eigenvalue weighted by Crippen LogP contribution is -2.40. The second-order valence-corrected chi connectivity index (χ2v) is 8.42. The van der Waals surface area contributed by atoms with E-state index in [1.165, 1.54) is 12.1 Å². The molecule has 1 aliphatic rings. The molecular formula is C26H35ClFN3O4. The highest BCUT2D eigenvalue weighted by Crippen LogP contribution is 2.32. The van der Waals surface area contributed by atoms with Gasteiger partial charge in [-0.3, -0.25) is 4.79 Å². The molecule has 0 saturated carbocycles. The van der Waals surface area contributed by atoms with Gasteiger partial charge in [-0.15, -0.1) is 0 Å². The number of carboxylic acids is 1. The Morgan fingerprint density at radius 3 is 2.43 bits per heavy atom. The molecule has 1 heterocycles. The second kappa shape index (κ2) is 14.5. The summed E-state index contributed by atoms with van der Waals surface area (Å²) in [4.78, 5) is 26.0. The summed E-state index contributed by atoms with van der Waals surface area (Å²) >= 11 is 5.79. The first-order chi connectivity index (χ1) is 16.9. The maximum atomic E-state index is 14.1. The van der Waals surface area contributed by atoms with Crippen molar-refractivity contribution in [3.05, 3.63) is 52.8 Å². The molecule has 35 heavy (non-hydrogen) atoms. The first-order valence-electron chi connectivity index (χ1n) is 12.1. The molecule has 0 radical (unpaired) electrons. The highest BCUT2D eigenvalue weighted by atomic mass is 35.5. The molecule has 1 aliphatic heterocycles. The Morgan fingerprint density at radius 1 is 1.11 bits per heavy atom. The van der Waals surface area contributed by atoms with Crippen LogP contribution in [0.15, 0.2) is 36.4 Å². The van der Waals surface area contributed by atoms with Crippen LogP contribution in [0.1, 0.15) is 52.0 Å². The number of carbonyl (C=O) groups is 2. The Labute approximate surface area is 211 Å². The van der Waals surface area contributed by atoms with Crippen LogP contribution in [-0.2, 0) is 16.0 Å². The van der Waals surface area contributed by atoms with E-state index in [2.05, 4.69) is 22.5 Å². The topological polar surface area (TPSA) is 90.9 Å². The van der Waals surface area contributed by atoms with Crippen molar-refractivity contribution in [2.45, 2.75) is 58.9 Å². The van der Waals surface area contributed by atoms with Gasteiger partial charge in [-0.1, -0.05) is 38.4 Å². The van der Waals surface area contributed by atoms with E-state index < -0.39 is 17.8 Å². The number of hydrogen-bond donors (Lipinski definition) is 3. The van der Waals surface area contributed by atoms with Gasteiger partial charge < -0.3 is 25.4 Å². The number of carboxylic acid groups (broad SMARTS) is 1. The number of hydrogen-bond acceptors (Lipinski definition) is 4. The number of nitrogens with one attached hydrogen (secondary N) is 2. The molecule has 2 aromatic carbocycles. The highest BCUT2D eigenvalue weighted by Gasteiger charge is 2.24. The third-order valence-electron chi connectivity index (χ3n) is 5.52. The van der Waals surface area contributed by atoms with E-state index in [-0.39, 0.29) is 23.2 Å². The third kappa shape index (κ3) is 8.71. The third-order valence-corrected chi connectivity index (χ3v) is 5.76. The van der Waals surface area contributed by atoms with Crippen LogP contribution in [-0.4, -0.2) is 42.9 Å². The molecule has 192 valence electrons. The molecule has 1 fully saturated rings. The van der Waals surface area contributed by atoms with E-state index in [0.29, 0.717) is 25.3 Å². The zero-order chi connectivity index (χ0) is 25.8. The van der Waals surface area contributed by atoms with Crippen molar-refractivity contribution in [1.82, 2.24) is 0 Å². The molecule has 0 bridgehead atoms. The van der Waals surface area contributed by atoms with Crippen LogP contribution in [0, 0.1) is 5.82 Å². The lowest BCUT2D eigenvalue weighted by atomic mass is 10.0. The second-order valence-electron chi connectivity index (χ2n) is 7.99. The molecule has 9 heteroatoms. The number of nitrogens with zero attached hydrogens (tertiary/aromatic N) is 1. The average Bonchev–Trinajstić information content (AvgIpc) is 2.85. The van der Waals surface area contributed by atoms with E-state index in [0.717, 1.165) is 43.1 Å². The van der Waals surface area contributed by atoms with E-state index in [1.54, 1.807) is 6.07 Å². The number of aliphatic carboxylic acids is 1. The van der Waals surface area contributed by atoms with Crippen molar-refractivity contribution >= 4 is 40.7 Å². The summed E-state index contributed by atoms with van der Waals surface area (Å²) in [7, 11) is 0. The minimum atomic E-state index is -0.889. The lowest BCUT2D eigenvalue weighted by molar-refractivity contribution is -0.136. The van der Waals surface area contributed by atoms with Crippen molar-refractivity contribution < 1.29 is 23.8 Å². The zero-order valence-electron chi connectivity index (χ0n) is 20.6. The van der Waals surface area contributed by atoms with Crippen LogP contribution in [0.2, 0.25) is 5.02 Å². The molecular weight excluding hydrogens is 473 g/mol. The van der Waals surface area contributed by atoms with E-state index in [4.69, 9.17) is 21.4 Å². The predicted octanol–water partition coefficient (Wildman–Crippen LogP) is 6.56. The number of benzene rings is 2. The molecule has 3 N–H and O–H groups in total. The number of ether oxygens (including phenoxy) is 1. The number of carbonyl (C=O) groups excluding carboxylic acids is 1. The van der Waals surface area contributed by atoms with Gasteiger partial charge in [-0.2, -0.15) is 0 Å². The smallest absolute Gasteiger partial charge is 0.323 e. The summed E-state index contributed by atoms with van der Waals surface area (Å²) in [6.07, 6.45) is 2.99. The maximum absolute atomic E-state index is 14.1. The van der Waals surface area contributed by atoms with Crippen LogP contribution in [0.3, 0.4) is 0 Å². The largest absolute Gasteiger partial charge is 0.481 e. The van der Waals surface area contributed by atoms with Crippen LogP contribution < -0.4 is 15.5 Å². The molecule has 3 rings (SSSR count). The maximum Gasteiger partial charge on any atom is 0.323 e. The van der Waals surface area contributed by atoms with Crippen LogP contribution in [0.25, 0.3) is 0 Å². The number of halogens is 2. The Hall–Kier alpha value is -2.84. The monoisotopic (exact) mass is 507 g/mol. The predicted molar refractivity (Wildman–Crippen MR) is 139 cm³/mol. The number of amides is 2. The molecule has 0 aliphatic carbocycles. The highest BCUT2D eigenvalue weighted by molar-refractivity contribution is 6.30. The molecule has 0 aromatic heterocycles. The summed E-state index contributed by atoms with van der Waals surface area (Å²) in [6, 6.07) is 9.28. The summed E-state index contributed by atoms with van der Waals surface area (Å²) in [5.41, 5.74) is 2.19. The minimum Gasteiger partial charge on any atom is -0.481 e. The standard InChI is InChI=1S/C24H29ClFN3O4.C2H6/c1-2-11-29(18-9-12-33-13-10-18)22-7-3-16(4-8-23(30)31)14-21(22)28-24(32)27-20-6-5-17(25)15-19(20)26;1-2/h3,5-7,14-15,18H,2,4,8-13H2,1H3,(H,30,31)(H2,27,28,32);1-2H3. The normalized spacial score (nSPS) is 13.4. The summed E-state index contributed by atoms with van der Waals surface area (Å²) < 4.78 is 19.6. The van der Waals surface area contributed by atoms with Gasteiger partial charge in [-0.25, -0.2) is 9.18 Å². The van der Waals surface area contributed by atoms with E-state index in [1.807, 2.05) is 26.0 Å². The zero-order valence-corrected chi connectivity index (χ0v) is 21.3. The number of urea groups is 1. The van der Waals surface area contributed by atoms with Gasteiger partial charge in [0.05, 0.1) is 17.1 Å². The lowest BCUT2D eigenvalue weighted by Gasteiger charge is -2.37. The van der Waals surface area contributed by atoms with Crippen molar-refractivity contribution in [1.29, 1.82) is 0 Å². The number of anilines is 3. The van der Waals surface area contributed by atoms with E-state index in [9.17, 15) is 14.0 Å². The van der Waals surface area contributed by atoms with Crippen molar-refractivity contribution in [3.63, 3.8) is 0 Å². The molecule has 1 saturated heterocycles. The van der Waals surface area contributed by atoms with Crippen LogP contribution in [0.5, 0.6) is 0 Å². The molecule has 2 aromatic rings. The van der Waals surface area contributed by atoms with Crippen LogP contribution in [0.4, 0.5) is 26.2 Å².